The second-order valence-corrected chi connectivity index (χ2v) is 5.24. The number of rotatable bonds is 6. The summed E-state index contributed by atoms with van der Waals surface area (Å²) in [6.45, 7) is 4.45. The summed E-state index contributed by atoms with van der Waals surface area (Å²) in [5.41, 5.74) is -0.299. The SMILES string of the molecule is CCOc1ccccc1C(=O)NCC(C)(O)C1CC1. The van der Waals surface area contributed by atoms with Gasteiger partial charge in [0.25, 0.3) is 5.91 Å². The lowest BCUT2D eigenvalue weighted by molar-refractivity contribution is 0.0353. The summed E-state index contributed by atoms with van der Waals surface area (Å²) in [5, 5.41) is 13.0. The molecular weight excluding hydrogens is 242 g/mol. The van der Waals surface area contributed by atoms with Gasteiger partial charge in [0, 0.05) is 6.54 Å². The van der Waals surface area contributed by atoms with Crippen molar-refractivity contribution in [3.05, 3.63) is 29.8 Å². The molecule has 0 spiro atoms. The molecule has 0 aromatic heterocycles. The van der Waals surface area contributed by atoms with Crippen molar-refractivity contribution < 1.29 is 14.6 Å². The van der Waals surface area contributed by atoms with E-state index < -0.39 is 5.60 Å². The number of para-hydroxylation sites is 1. The van der Waals surface area contributed by atoms with Crippen molar-refractivity contribution in [2.75, 3.05) is 13.2 Å². The second kappa shape index (κ2) is 5.61. The van der Waals surface area contributed by atoms with Gasteiger partial charge in [-0.1, -0.05) is 12.1 Å². The molecule has 0 heterocycles. The molecule has 4 heteroatoms. The van der Waals surface area contributed by atoms with E-state index in [0.29, 0.717) is 23.8 Å². The van der Waals surface area contributed by atoms with E-state index in [1.807, 2.05) is 13.0 Å². The molecule has 0 saturated heterocycles. The van der Waals surface area contributed by atoms with Crippen molar-refractivity contribution in [1.82, 2.24) is 5.32 Å². The van der Waals surface area contributed by atoms with Crippen LogP contribution in [-0.2, 0) is 0 Å². The molecule has 0 radical (unpaired) electrons. The molecule has 1 unspecified atom stereocenters. The van der Waals surface area contributed by atoms with Crippen LogP contribution in [0.5, 0.6) is 5.75 Å². The molecule has 2 N–H and O–H groups in total. The molecule has 0 aliphatic heterocycles. The summed E-state index contributed by atoms with van der Waals surface area (Å²) >= 11 is 0. The quantitative estimate of drug-likeness (QED) is 0.825. The lowest BCUT2D eigenvalue weighted by Crippen LogP contribution is -2.42. The highest BCUT2D eigenvalue weighted by Crippen LogP contribution is 2.39. The van der Waals surface area contributed by atoms with Gasteiger partial charge >= 0.3 is 0 Å². The zero-order chi connectivity index (χ0) is 13.9. The Hall–Kier alpha value is -1.55. The summed E-state index contributed by atoms with van der Waals surface area (Å²) in [5.74, 6) is 0.688. The predicted molar refractivity (Wildman–Crippen MR) is 73.3 cm³/mol. The zero-order valence-corrected chi connectivity index (χ0v) is 11.5. The maximum Gasteiger partial charge on any atom is 0.255 e. The van der Waals surface area contributed by atoms with E-state index in [9.17, 15) is 9.90 Å². The molecule has 2 rings (SSSR count). The van der Waals surface area contributed by atoms with E-state index >= 15 is 0 Å². The smallest absolute Gasteiger partial charge is 0.255 e. The first kappa shape index (κ1) is 13.9. The third-order valence-corrected chi connectivity index (χ3v) is 3.50. The van der Waals surface area contributed by atoms with Crippen LogP contribution in [0.15, 0.2) is 24.3 Å². The van der Waals surface area contributed by atoms with E-state index in [1.165, 1.54) is 0 Å². The zero-order valence-electron chi connectivity index (χ0n) is 11.5. The third-order valence-electron chi connectivity index (χ3n) is 3.50. The average Bonchev–Trinajstić information content (AvgIpc) is 3.22. The molecular formula is C15H21NO3. The van der Waals surface area contributed by atoms with Crippen LogP contribution in [0.4, 0.5) is 0 Å². The normalized spacial score (nSPS) is 17.6. The minimum atomic E-state index is -0.809. The summed E-state index contributed by atoms with van der Waals surface area (Å²) in [4.78, 5) is 12.1. The highest BCUT2D eigenvalue weighted by atomic mass is 16.5. The molecule has 1 saturated carbocycles. The predicted octanol–water partition coefficient (Wildman–Crippen LogP) is 1.98. The van der Waals surface area contributed by atoms with Gasteiger partial charge in [-0.05, 0) is 44.7 Å². The number of aliphatic hydroxyl groups is 1. The third kappa shape index (κ3) is 3.47. The number of hydrogen-bond donors (Lipinski definition) is 2. The van der Waals surface area contributed by atoms with Crippen LogP contribution in [0, 0.1) is 5.92 Å². The first-order valence-corrected chi connectivity index (χ1v) is 6.77. The topological polar surface area (TPSA) is 58.6 Å². The maximum atomic E-state index is 12.1. The first-order valence-electron chi connectivity index (χ1n) is 6.77. The molecule has 1 aromatic rings. The van der Waals surface area contributed by atoms with Crippen LogP contribution >= 0.6 is 0 Å². The Labute approximate surface area is 113 Å². The standard InChI is InChI=1S/C15H21NO3/c1-3-19-13-7-5-4-6-12(13)14(17)16-10-15(2,18)11-8-9-11/h4-7,11,18H,3,8-10H2,1-2H3,(H,16,17). The van der Waals surface area contributed by atoms with Crippen molar-refractivity contribution in [2.24, 2.45) is 5.92 Å². The lowest BCUT2D eigenvalue weighted by Gasteiger charge is -2.23. The van der Waals surface area contributed by atoms with Gasteiger partial charge in [-0.3, -0.25) is 4.79 Å². The fraction of sp³-hybridized carbons (Fsp3) is 0.533. The van der Waals surface area contributed by atoms with E-state index in [4.69, 9.17) is 4.74 Å². The van der Waals surface area contributed by atoms with Crippen molar-refractivity contribution in [3.8, 4) is 5.75 Å². The number of amides is 1. The molecule has 1 aliphatic carbocycles. The summed E-state index contributed by atoms with van der Waals surface area (Å²) in [7, 11) is 0. The van der Waals surface area contributed by atoms with Gasteiger partial charge < -0.3 is 15.2 Å². The van der Waals surface area contributed by atoms with Crippen LogP contribution in [0.3, 0.4) is 0 Å². The number of nitrogens with one attached hydrogen (secondary N) is 1. The average molecular weight is 263 g/mol. The number of hydrogen-bond acceptors (Lipinski definition) is 3. The van der Waals surface area contributed by atoms with E-state index in [0.717, 1.165) is 12.8 Å². The largest absolute Gasteiger partial charge is 0.493 e. The van der Waals surface area contributed by atoms with Gasteiger partial charge in [0.2, 0.25) is 0 Å². The van der Waals surface area contributed by atoms with Crippen LogP contribution in [0.1, 0.15) is 37.0 Å². The van der Waals surface area contributed by atoms with Crippen molar-refractivity contribution >= 4 is 5.91 Å². The Morgan fingerprint density at radius 1 is 1.47 bits per heavy atom. The van der Waals surface area contributed by atoms with Gasteiger partial charge in [-0.15, -0.1) is 0 Å². The monoisotopic (exact) mass is 263 g/mol. The molecule has 19 heavy (non-hydrogen) atoms. The molecule has 4 nitrogen and oxygen atoms in total. The van der Waals surface area contributed by atoms with Crippen molar-refractivity contribution in [3.63, 3.8) is 0 Å². The summed E-state index contributed by atoms with van der Waals surface area (Å²) in [6, 6.07) is 7.14. The minimum Gasteiger partial charge on any atom is -0.493 e. The van der Waals surface area contributed by atoms with Crippen LogP contribution in [0.25, 0.3) is 0 Å². The number of ether oxygens (including phenoxy) is 1. The number of carbonyl (C=O) groups is 1. The van der Waals surface area contributed by atoms with E-state index in [1.54, 1.807) is 25.1 Å². The lowest BCUT2D eigenvalue weighted by atomic mass is 10.0. The highest BCUT2D eigenvalue weighted by Gasteiger charge is 2.40. The Balaban J connectivity index is 1.99. The molecule has 1 aromatic carbocycles. The highest BCUT2D eigenvalue weighted by molar-refractivity contribution is 5.96. The fourth-order valence-corrected chi connectivity index (χ4v) is 2.14. The molecule has 1 amide bonds. The Morgan fingerprint density at radius 2 is 2.16 bits per heavy atom. The van der Waals surface area contributed by atoms with Crippen LogP contribution in [-0.4, -0.2) is 29.8 Å². The van der Waals surface area contributed by atoms with Crippen molar-refractivity contribution in [2.45, 2.75) is 32.3 Å². The van der Waals surface area contributed by atoms with Gasteiger partial charge in [0.1, 0.15) is 5.75 Å². The maximum absolute atomic E-state index is 12.1. The fourth-order valence-electron chi connectivity index (χ4n) is 2.14. The summed E-state index contributed by atoms with van der Waals surface area (Å²) in [6.07, 6.45) is 2.08. The van der Waals surface area contributed by atoms with Gasteiger partial charge in [-0.25, -0.2) is 0 Å². The van der Waals surface area contributed by atoms with Gasteiger partial charge in [0.15, 0.2) is 0 Å². The van der Waals surface area contributed by atoms with Crippen LogP contribution < -0.4 is 10.1 Å². The van der Waals surface area contributed by atoms with E-state index in [-0.39, 0.29) is 12.5 Å². The van der Waals surface area contributed by atoms with Crippen molar-refractivity contribution in [1.29, 1.82) is 0 Å². The van der Waals surface area contributed by atoms with Crippen LogP contribution in [0.2, 0.25) is 0 Å². The Kier molecular flexibility index (Phi) is 4.10. The number of carbonyl (C=O) groups excluding carboxylic acids is 1. The minimum absolute atomic E-state index is 0.204. The Bertz CT molecular complexity index is 452. The summed E-state index contributed by atoms with van der Waals surface area (Å²) < 4.78 is 5.43. The Morgan fingerprint density at radius 3 is 2.79 bits per heavy atom. The first-order chi connectivity index (χ1) is 9.04. The number of benzene rings is 1. The molecule has 104 valence electrons. The molecule has 0 bridgehead atoms. The molecule has 1 fully saturated rings. The van der Waals surface area contributed by atoms with Gasteiger partial charge in [-0.2, -0.15) is 0 Å². The molecule has 1 atom stereocenters. The second-order valence-electron chi connectivity index (χ2n) is 5.24. The van der Waals surface area contributed by atoms with E-state index in [2.05, 4.69) is 5.32 Å². The van der Waals surface area contributed by atoms with Gasteiger partial charge in [0.05, 0.1) is 17.8 Å². The molecule has 1 aliphatic rings.